The third kappa shape index (κ3) is 2.51. The molecule has 1 aliphatic carbocycles. The molecule has 0 bridgehead atoms. The summed E-state index contributed by atoms with van der Waals surface area (Å²) in [5.41, 5.74) is 0.846. The standard InChI is InChI=1S/C13H15NO3S/c1-18-8-11(15)14-10-4-2-9(3-5-10)13(6-7-13)12(16)17/h2-5H,6-8H2,1H3,(H,14,15)(H,16,17). The maximum Gasteiger partial charge on any atom is 0.314 e. The first-order valence-electron chi connectivity index (χ1n) is 5.71. The van der Waals surface area contributed by atoms with Gasteiger partial charge in [0.05, 0.1) is 11.2 Å². The van der Waals surface area contributed by atoms with E-state index in [0.717, 1.165) is 5.56 Å². The molecule has 0 aliphatic heterocycles. The number of hydrogen-bond acceptors (Lipinski definition) is 3. The van der Waals surface area contributed by atoms with Crippen molar-refractivity contribution in [3.8, 4) is 0 Å². The fourth-order valence-corrected chi connectivity index (χ4v) is 2.29. The molecule has 0 spiro atoms. The first-order valence-corrected chi connectivity index (χ1v) is 7.10. The van der Waals surface area contributed by atoms with Gasteiger partial charge in [0.1, 0.15) is 0 Å². The van der Waals surface area contributed by atoms with Gasteiger partial charge in [0.15, 0.2) is 0 Å². The highest BCUT2D eigenvalue weighted by Gasteiger charge is 2.51. The van der Waals surface area contributed by atoms with Gasteiger partial charge in [0.2, 0.25) is 5.91 Å². The van der Waals surface area contributed by atoms with Crippen LogP contribution in [-0.4, -0.2) is 29.0 Å². The maximum absolute atomic E-state index is 11.4. The van der Waals surface area contributed by atoms with E-state index in [-0.39, 0.29) is 5.91 Å². The summed E-state index contributed by atoms with van der Waals surface area (Å²) in [4.78, 5) is 22.5. The summed E-state index contributed by atoms with van der Waals surface area (Å²) in [6.07, 6.45) is 3.26. The second-order valence-electron chi connectivity index (χ2n) is 4.45. The summed E-state index contributed by atoms with van der Waals surface area (Å²) in [6.45, 7) is 0. The molecule has 2 N–H and O–H groups in total. The average Bonchev–Trinajstić information content (AvgIpc) is 3.11. The predicted molar refractivity (Wildman–Crippen MR) is 72.0 cm³/mol. The normalized spacial score (nSPS) is 16.1. The lowest BCUT2D eigenvalue weighted by atomic mass is 9.96. The van der Waals surface area contributed by atoms with Gasteiger partial charge in [-0.25, -0.2) is 0 Å². The number of aliphatic carboxylic acids is 1. The number of carboxylic acids is 1. The molecule has 0 radical (unpaired) electrons. The zero-order valence-electron chi connectivity index (χ0n) is 10.1. The molecule has 0 heterocycles. The number of hydrogen-bond donors (Lipinski definition) is 2. The van der Waals surface area contributed by atoms with E-state index in [0.29, 0.717) is 24.3 Å². The molecule has 18 heavy (non-hydrogen) atoms. The van der Waals surface area contributed by atoms with Crippen molar-refractivity contribution in [3.63, 3.8) is 0 Å². The second kappa shape index (κ2) is 5.02. The van der Waals surface area contributed by atoms with Crippen molar-refractivity contribution in [1.82, 2.24) is 0 Å². The highest BCUT2D eigenvalue weighted by molar-refractivity contribution is 7.99. The van der Waals surface area contributed by atoms with Crippen LogP contribution in [0.3, 0.4) is 0 Å². The fourth-order valence-electron chi connectivity index (χ4n) is 1.95. The minimum Gasteiger partial charge on any atom is -0.481 e. The lowest BCUT2D eigenvalue weighted by Crippen LogP contribution is -2.19. The minimum atomic E-state index is -0.762. The molecule has 1 aliphatic rings. The fraction of sp³-hybridized carbons (Fsp3) is 0.385. The van der Waals surface area contributed by atoms with Gasteiger partial charge >= 0.3 is 5.97 Å². The molecular weight excluding hydrogens is 250 g/mol. The van der Waals surface area contributed by atoms with Crippen LogP contribution < -0.4 is 5.32 Å². The number of thioether (sulfide) groups is 1. The number of carbonyl (C=O) groups excluding carboxylic acids is 1. The van der Waals surface area contributed by atoms with Gasteiger partial charge in [-0.3, -0.25) is 9.59 Å². The molecule has 0 atom stereocenters. The van der Waals surface area contributed by atoms with E-state index in [9.17, 15) is 9.59 Å². The molecule has 1 fully saturated rings. The molecule has 1 aromatic carbocycles. The second-order valence-corrected chi connectivity index (χ2v) is 5.31. The van der Waals surface area contributed by atoms with E-state index in [1.165, 1.54) is 11.8 Å². The van der Waals surface area contributed by atoms with E-state index in [2.05, 4.69) is 5.32 Å². The van der Waals surface area contributed by atoms with Crippen LogP contribution in [0.1, 0.15) is 18.4 Å². The van der Waals surface area contributed by atoms with E-state index in [4.69, 9.17) is 5.11 Å². The van der Waals surface area contributed by atoms with Crippen LogP contribution in [0, 0.1) is 0 Å². The summed E-state index contributed by atoms with van der Waals surface area (Å²) in [7, 11) is 0. The number of rotatable bonds is 5. The summed E-state index contributed by atoms with van der Waals surface area (Å²) in [6, 6.07) is 7.10. The Labute approximate surface area is 110 Å². The van der Waals surface area contributed by atoms with Crippen molar-refractivity contribution in [1.29, 1.82) is 0 Å². The summed E-state index contributed by atoms with van der Waals surface area (Å²) >= 11 is 1.46. The molecule has 0 saturated heterocycles. The van der Waals surface area contributed by atoms with Gasteiger partial charge in [-0.15, -0.1) is 0 Å². The summed E-state index contributed by atoms with van der Waals surface area (Å²) in [5, 5.41) is 11.9. The van der Waals surface area contributed by atoms with Crippen LogP contribution in [0.25, 0.3) is 0 Å². The third-order valence-corrected chi connectivity index (χ3v) is 3.71. The number of benzene rings is 1. The Morgan fingerprint density at radius 2 is 1.94 bits per heavy atom. The maximum atomic E-state index is 11.4. The Hall–Kier alpha value is -1.49. The van der Waals surface area contributed by atoms with Crippen LogP contribution in [0.5, 0.6) is 0 Å². The average molecular weight is 265 g/mol. The van der Waals surface area contributed by atoms with Gasteiger partial charge in [-0.05, 0) is 36.8 Å². The van der Waals surface area contributed by atoms with Crippen LogP contribution in [0.2, 0.25) is 0 Å². The molecule has 1 saturated carbocycles. The van der Waals surface area contributed by atoms with Crippen molar-refractivity contribution < 1.29 is 14.7 Å². The molecular formula is C13H15NO3S. The van der Waals surface area contributed by atoms with Gasteiger partial charge in [0.25, 0.3) is 0 Å². The topological polar surface area (TPSA) is 66.4 Å². The van der Waals surface area contributed by atoms with E-state index >= 15 is 0 Å². The van der Waals surface area contributed by atoms with Crippen LogP contribution in [-0.2, 0) is 15.0 Å². The molecule has 0 aromatic heterocycles. The van der Waals surface area contributed by atoms with Gasteiger partial charge < -0.3 is 10.4 Å². The quantitative estimate of drug-likeness (QED) is 0.855. The smallest absolute Gasteiger partial charge is 0.314 e. The molecule has 2 rings (SSSR count). The predicted octanol–water partition coefficient (Wildman–Crippen LogP) is 2.10. The number of amides is 1. The largest absolute Gasteiger partial charge is 0.481 e. The molecule has 1 amide bonds. The van der Waals surface area contributed by atoms with Crippen molar-refractivity contribution in [3.05, 3.63) is 29.8 Å². The van der Waals surface area contributed by atoms with Crippen molar-refractivity contribution >= 4 is 29.3 Å². The van der Waals surface area contributed by atoms with Crippen molar-refractivity contribution in [2.45, 2.75) is 18.3 Å². The van der Waals surface area contributed by atoms with Crippen LogP contribution in [0.4, 0.5) is 5.69 Å². The monoisotopic (exact) mass is 265 g/mol. The Balaban J connectivity index is 2.07. The molecule has 1 aromatic rings. The minimum absolute atomic E-state index is 0.0466. The summed E-state index contributed by atoms with van der Waals surface area (Å²) in [5.74, 6) is -0.392. The number of anilines is 1. The first kappa shape index (κ1) is 13.0. The zero-order chi connectivity index (χ0) is 13.2. The molecule has 0 unspecified atom stereocenters. The Morgan fingerprint density at radius 3 is 2.39 bits per heavy atom. The number of carboxylic acid groups (broad SMARTS) is 1. The van der Waals surface area contributed by atoms with E-state index in [1.807, 2.05) is 6.26 Å². The lowest BCUT2D eigenvalue weighted by Gasteiger charge is -2.11. The Kier molecular flexibility index (Phi) is 3.61. The van der Waals surface area contributed by atoms with Crippen LogP contribution >= 0.6 is 11.8 Å². The highest BCUT2D eigenvalue weighted by atomic mass is 32.2. The first-order chi connectivity index (χ1) is 8.58. The SMILES string of the molecule is CSCC(=O)Nc1ccc(C2(C(=O)O)CC2)cc1. The molecule has 4 nitrogen and oxygen atoms in total. The summed E-state index contributed by atoms with van der Waals surface area (Å²) < 4.78 is 0. The Bertz CT molecular complexity index is 466. The third-order valence-electron chi connectivity index (χ3n) is 3.16. The van der Waals surface area contributed by atoms with Gasteiger partial charge in [-0.2, -0.15) is 11.8 Å². The molecule has 5 heteroatoms. The van der Waals surface area contributed by atoms with E-state index < -0.39 is 11.4 Å². The Morgan fingerprint density at radius 1 is 1.33 bits per heavy atom. The van der Waals surface area contributed by atoms with Crippen LogP contribution in [0.15, 0.2) is 24.3 Å². The van der Waals surface area contributed by atoms with Crippen molar-refractivity contribution in [2.24, 2.45) is 0 Å². The van der Waals surface area contributed by atoms with Crippen molar-refractivity contribution in [2.75, 3.05) is 17.3 Å². The van der Waals surface area contributed by atoms with Gasteiger partial charge in [0, 0.05) is 5.69 Å². The van der Waals surface area contributed by atoms with E-state index in [1.54, 1.807) is 24.3 Å². The lowest BCUT2D eigenvalue weighted by molar-refractivity contribution is -0.140. The number of nitrogens with one attached hydrogen (secondary N) is 1. The zero-order valence-corrected chi connectivity index (χ0v) is 10.9. The number of carbonyl (C=O) groups is 2. The van der Waals surface area contributed by atoms with Gasteiger partial charge in [-0.1, -0.05) is 12.1 Å². The highest BCUT2D eigenvalue weighted by Crippen LogP contribution is 2.48. The molecule has 96 valence electrons.